The van der Waals surface area contributed by atoms with Crippen molar-refractivity contribution in [2.75, 3.05) is 0 Å². The van der Waals surface area contributed by atoms with Crippen LogP contribution in [0.4, 0.5) is 0 Å². The Balaban J connectivity index is 1.90. The number of nitrogens with zero attached hydrogens (tertiary/aromatic N) is 1. The number of aromatic nitrogens is 1. The summed E-state index contributed by atoms with van der Waals surface area (Å²) in [5.74, 6) is -0.803. The molecule has 0 radical (unpaired) electrons. The van der Waals surface area contributed by atoms with Gasteiger partial charge in [0.1, 0.15) is 5.01 Å². The molecular weight excluding hydrogens is 302 g/mol. The summed E-state index contributed by atoms with van der Waals surface area (Å²) in [6, 6.07) is 12.0. The van der Waals surface area contributed by atoms with E-state index < -0.39 is 5.97 Å². The Morgan fingerprint density at radius 1 is 1.24 bits per heavy atom. The molecule has 0 bridgehead atoms. The molecule has 1 aromatic carbocycles. The molecular formula is C16H13NO2S2. The van der Waals surface area contributed by atoms with Crippen LogP contribution >= 0.6 is 22.7 Å². The van der Waals surface area contributed by atoms with Crippen LogP contribution in [-0.4, -0.2) is 16.1 Å². The van der Waals surface area contributed by atoms with Crippen LogP contribution in [-0.2, 0) is 11.2 Å². The van der Waals surface area contributed by atoms with E-state index in [0.29, 0.717) is 0 Å². The van der Waals surface area contributed by atoms with Crippen LogP contribution in [0.25, 0.3) is 21.1 Å². The van der Waals surface area contributed by atoms with E-state index in [1.807, 2.05) is 29.6 Å². The standard InChI is InChI=1S/C16H13NO2S2/c1-10-4-2-3-5-12(10)16-17-13(9-20-16)14-7-6-11(21-14)8-15(18)19/h2-7,9H,8H2,1H3,(H,18,19). The average molecular weight is 315 g/mol. The molecule has 0 aliphatic heterocycles. The largest absolute Gasteiger partial charge is 0.481 e. The molecule has 0 saturated carbocycles. The predicted molar refractivity (Wildman–Crippen MR) is 86.9 cm³/mol. The molecule has 106 valence electrons. The number of aliphatic carboxylic acids is 1. The Labute approximate surface area is 130 Å². The van der Waals surface area contributed by atoms with Gasteiger partial charge in [0.15, 0.2) is 0 Å². The minimum absolute atomic E-state index is 0.0689. The van der Waals surface area contributed by atoms with Crippen LogP contribution < -0.4 is 0 Å². The lowest BCUT2D eigenvalue weighted by atomic mass is 10.1. The number of hydrogen-bond donors (Lipinski definition) is 1. The molecule has 0 aliphatic rings. The third-order valence-electron chi connectivity index (χ3n) is 3.12. The van der Waals surface area contributed by atoms with Gasteiger partial charge in [0.05, 0.1) is 17.0 Å². The number of rotatable bonds is 4. The summed E-state index contributed by atoms with van der Waals surface area (Å²) in [7, 11) is 0. The van der Waals surface area contributed by atoms with E-state index in [1.54, 1.807) is 11.3 Å². The molecule has 1 N–H and O–H groups in total. The first kappa shape index (κ1) is 14.0. The summed E-state index contributed by atoms with van der Waals surface area (Å²) < 4.78 is 0. The van der Waals surface area contributed by atoms with E-state index in [1.165, 1.54) is 16.9 Å². The minimum Gasteiger partial charge on any atom is -0.481 e. The van der Waals surface area contributed by atoms with Crippen LogP contribution in [0.5, 0.6) is 0 Å². The summed E-state index contributed by atoms with van der Waals surface area (Å²) in [4.78, 5) is 17.3. The number of thiophene rings is 1. The summed E-state index contributed by atoms with van der Waals surface area (Å²) in [5.41, 5.74) is 3.27. The van der Waals surface area contributed by atoms with Gasteiger partial charge in [-0.05, 0) is 24.6 Å². The fraction of sp³-hybridized carbons (Fsp3) is 0.125. The van der Waals surface area contributed by atoms with Crippen LogP contribution in [0.3, 0.4) is 0 Å². The summed E-state index contributed by atoms with van der Waals surface area (Å²) in [6.45, 7) is 2.08. The molecule has 0 atom stereocenters. The van der Waals surface area contributed by atoms with E-state index >= 15 is 0 Å². The van der Waals surface area contributed by atoms with Crippen molar-refractivity contribution in [2.45, 2.75) is 13.3 Å². The number of thiazole rings is 1. The SMILES string of the molecule is Cc1ccccc1-c1nc(-c2ccc(CC(=O)O)s2)cs1. The van der Waals surface area contributed by atoms with Gasteiger partial charge in [-0.2, -0.15) is 0 Å². The van der Waals surface area contributed by atoms with Crippen LogP contribution in [0.2, 0.25) is 0 Å². The average Bonchev–Trinajstić information content (AvgIpc) is 3.07. The molecule has 5 heteroatoms. The van der Waals surface area contributed by atoms with E-state index in [-0.39, 0.29) is 6.42 Å². The number of carboxylic acids is 1. The maximum atomic E-state index is 10.7. The Bertz CT molecular complexity index is 789. The highest BCUT2D eigenvalue weighted by molar-refractivity contribution is 7.16. The van der Waals surface area contributed by atoms with Crippen molar-refractivity contribution in [2.24, 2.45) is 0 Å². The van der Waals surface area contributed by atoms with Crippen molar-refractivity contribution < 1.29 is 9.90 Å². The van der Waals surface area contributed by atoms with Gasteiger partial charge in [-0.1, -0.05) is 24.3 Å². The molecule has 0 aliphatic carbocycles. The van der Waals surface area contributed by atoms with Gasteiger partial charge in [-0.15, -0.1) is 22.7 Å². The van der Waals surface area contributed by atoms with E-state index in [0.717, 1.165) is 26.0 Å². The van der Waals surface area contributed by atoms with Gasteiger partial charge in [0.2, 0.25) is 0 Å². The molecule has 0 saturated heterocycles. The van der Waals surface area contributed by atoms with Gasteiger partial charge in [0.25, 0.3) is 0 Å². The number of hydrogen-bond acceptors (Lipinski definition) is 4. The number of carboxylic acid groups (broad SMARTS) is 1. The van der Waals surface area contributed by atoms with Gasteiger partial charge in [-0.25, -0.2) is 4.98 Å². The number of benzene rings is 1. The lowest BCUT2D eigenvalue weighted by Crippen LogP contribution is -1.96. The van der Waals surface area contributed by atoms with Crippen molar-refractivity contribution in [3.8, 4) is 21.1 Å². The van der Waals surface area contributed by atoms with E-state index in [4.69, 9.17) is 5.11 Å². The first-order valence-corrected chi connectivity index (χ1v) is 8.15. The highest BCUT2D eigenvalue weighted by Crippen LogP contribution is 2.33. The predicted octanol–water partition coefficient (Wildman–Crippen LogP) is 4.47. The smallest absolute Gasteiger partial charge is 0.308 e. The lowest BCUT2D eigenvalue weighted by molar-refractivity contribution is -0.136. The zero-order valence-corrected chi connectivity index (χ0v) is 13.0. The fourth-order valence-electron chi connectivity index (χ4n) is 2.08. The van der Waals surface area contributed by atoms with Crippen molar-refractivity contribution in [3.63, 3.8) is 0 Å². The van der Waals surface area contributed by atoms with Gasteiger partial charge < -0.3 is 5.11 Å². The van der Waals surface area contributed by atoms with Crippen molar-refractivity contribution in [1.29, 1.82) is 0 Å². The highest BCUT2D eigenvalue weighted by atomic mass is 32.1. The Morgan fingerprint density at radius 2 is 2.05 bits per heavy atom. The zero-order valence-electron chi connectivity index (χ0n) is 11.4. The Hall–Kier alpha value is -1.98. The summed E-state index contributed by atoms with van der Waals surface area (Å²) in [5, 5.41) is 11.8. The number of aryl methyl sites for hydroxylation is 1. The van der Waals surface area contributed by atoms with Crippen molar-refractivity contribution >= 4 is 28.6 Å². The lowest BCUT2D eigenvalue weighted by Gasteiger charge is -2.00. The molecule has 21 heavy (non-hydrogen) atoms. The molecule has 2 heterocycles. The number of carbonyl (C=O) groups is 1. The maximum absolute atomic E-state index is 10.7. The second-order valence-corrected chi connectivity index (χ2v) is 6.72. The van der Waals surface area contributed by atoms with E-state index in [9.17, 15) is 4.79 Å². The first-order valence-electron chi connectivity index (χ1n) is 6.46. The molecule has 0 amide bonds. The molecule has 2 aromatic heterocycles. The molecule has 3 aromatic rings. The van der Waals surface area contributed by atoms with Gasteiger partial charge >= 0.3 is 5.97 Å². The van der Waals surface area contributed by atoms with Crippen molar-refractivity contribution in [1.82, 2.24) is 4.98 Å². The molecule has 3 nitrogen and oxygen atoms in total. The monoisotopic (exact) mass is 315 g/mol. The maximum Gasteiger partial charge on any atom is 0.308 e. The van der Waals surface area contributed by atoms with Gasteiger partial charge in [0, 0.05) is 15.8 Å². The van der Waals surface area contributed by atoms with Gasteiger partial charge in [-0.3, -0.25) is 4.79 Å². The molecule has 3 rings (SSSR count). The minimum atomic E-state index is -0.803. The third-order valence-corrected chi connectivity index (χ3v) is 5.10. The summed E-state index contributed by atoms with van der Waals surface area (Å²) >= 11 is 3.10. The van der Waals surface area contributed by atoms with Crippen LogP contribution in [0.1, 0.15) is 10.4 Å². The molecule has 0 fully saturated rings. The van der Waals surface area contributed by atoms with Crippen molar-refractivity contribution in [3.05, 3.63) is 52.2 Å². The molecule has 0 spiro atoms. The second-order valence-electron chi connectivity index (χ2n) is 4.69. The highest BCUT2D eigenvalue weighted by Gasteiger charge is 2.11. The zero-order chi connectivity index (χ0) is 14.8. The second kappa shape index (κ2) is 5.79. The van der Waals surface area contributed by atoms with Crippen LogP contribution in [0, 0.1) is 6.92 Å². The fourth-order valence-corrected chi connectivity index (χ4v) is 4.03. The van der Waals surface area contributed by atoms with E-state index in [2.05, 4.69) is 24.0 Å². The first-order chi connectivity index (χ1) is 10.1. The third kappa shape index (κ3) is 3.04. The normalized spacial score (nSPS) is 10.7. The summed E-state index contributed by atoms with van der Waals surface area (Å²) in [6.07, 6.45) is 0.0689. The topological polar surface area (TPSA) is 50.2 Å². The quantitative estimate of drug-likeness (QED) is 0.772. The Morgan fingerprint density at radius 3 is 2.81 bits per heavy atom. The van der Waals surface area contributed by atoms with Crippen LogP contribution in [0.15, 0.2) is 41.8 Å². The molecule has 0 unspecified atom stereocenters. The Kier molecular flexibility index (Phi) is 3.86.